The summed E-state index contributed by atoms with van der Waals surface area (Å²) >= 11 is 0. The molecule has 2 heteroatoms. The lowest BCUT2D eigenvalue weighted by Crippen LogP contribution is -1.92. The third-order valence-corrected chi connectivity index (χ3v) is 5.01. The molecule has 0 aliphatic carbocycles. The molecule has 1 aromatic carbocycles. The van der Waals surface area contributed by atoms with Crippen LogP contribution in [0.3, 0.4) is 0 Å². The van der Waals surface area contributed by atoms with E-state index in [-0.39, 0.29) is 0 Å². The molecule has 1 N–H and O–H groups in total. The smallest absolute Gasteiger partial charge is 0.328 e. The van der Waals surface area contributed by atoms with Crippen molar-refractivity contribution < 1.29 is 9.90 Å². The molecular formula is C24H38O2. The Hall–Kier alpha value is -1.57. The number of carboxylic acids is 1. The van der Waals surface area contributed by atoms with Crippen LogP contribution in [-0.4, -0.2) is 11.1 Å². The van der Waals surface area contributed by atoms with Crippen LogP contribution in [0, 0.1) is 0 Å². The fraction of sp³-hybridized carbons (Fsp3) is 0.625. The molecule has 0 bridgehead atoms. The summed E-state index contributed by atoms with van der Waals surface area (Å²) in [5.41, 5.74) is 2.29. The van der Waals surface area contributed by atoms with Gasteiger partial charge in [0, 0.05) is 6.08 Å². The standard InChI is InChI=1S/C24H38O2/c1-2-3-4-5-6-7-8-9-10-11-12-13-14-17-22-18-15-16-19-23(22)20-21-24(25)26/h15-16,18-21H,2-14,17H2,1H3,(H,25,26). The normalized spacial score (nSPS) is 11.3. The highest BCUT2D eigenvalue weighted by atomic mass is 16.4. The first-order chi connectivity index (χ1) is 12.7. The lowest BCUT2D eigenvalue weighted by atomic mass is 9.99. The van der Waals surface area contributed by atoms with E-state index in [2.05, 4.69) is 13.0 Å². The number of unbranched alkanes of at least 4 members (excludes halogenated alkanes) is 12. The van der Waals surface area contributed by atoms with E-state index >= 15 is 0 Å². The van der Waals surface area contributed by atoms with E-state index in [0.717, 1.165) is 12.0 Å². The molecule has 0 heterocycles. The van der Waals surface area contributed by atoms with Crippen molar-refractivity contribution in [1.82, 2.24) is 0 Å². The Balaban J connectivity index is 2.02. The van der Waals surface area contributed by atoms with Gasteiger partial charge in [0.2, 0.25) is 0 Å². The lowest BCUT2D eigenvalue weighted by molar-refractivity contribution is -0.131. The molecule has 26 heavy (non-hydrogen) atoms. The molecule has 0 radical (unpaired) electrons. The van der Waals surface area contributed by atoms with Gasteiger partial charge >= 0.3 is 5.97 Å². The molecular weight excluding hydrogens is 320 g/mol. The van der Waals surface area contributed by atoms with Crippen LogP contribution in [0.15, 0.2) is 30.3 Å². The molecule has 1 aromatic rings. The minimum Gasteiger partial charge on any atom is -0.478 e. The first kappa shape index (κ1) is 22.5. The fourth-order valence-corrected chi connectivity index (χ4v) is 3.42. The van der Waals surface area contributed by atoms with Crippen molar-refractivity contribution in [2.45, 2.75) is 96.8 Å². The Morgan fingerprint density at radius 2 is 1.31 bits per heavy atom. The topological polar surface area (TPSA) is 37.3 Å². The van der Waals surface area contributed by atoms with Crippen molar-refractivity contribution in [3.8, 4) is 0 Å². The second-order valence-corrected chi connectivity index (χ2v) is 7.36. The fourth-order valence-electron chi connectivity index (χ4n) is 3.42. The van der Waals surface area contributed by atoms with Gasteiger partial charge in [-0.3, -0.25) is 0 Å². The van der Waals surface area contributed by atoms with Gasteiger partial charge in [0.05, 0.1) is 0 Å². The molecule has 0 aliphatic heterocycles. The number of carboxylic acid groups (broad SMARTS) is 1. The summed E-state index contributed by atoms with van der Waals surface area (Å²) < 4.78 is 0. The molecule has 0 saturated heterocycles. The van der Waals surface area contributed by atoms with Gasteiger partial charge in [0.15, 0.2) is 0 Å². The Labute approximate surface area is 160 Å². The Kier molecular flexibility index (Phi) is 13.5. The third-order valence-electron chi connectivity index (χ3n) is 5.01. The average molecular weight is 359 g/mol. The maximum absolute atomic E-state index is 10.7. The molecule has 0 saturated carbocycles. The van der Waals surface area contributed by atoms with Crippen molar-refractivity contribution in [3.63, 3.8) is 0 Å². The Morgan fingerprint density at radius 1 is 0.808 bits per heavy atom. The number of hydrogen-bond donors (Lipinski definition) is 1. The van der Waals surface area contributed by atoms with Crippen molar-refractivity contribution in [2.24, 2.45) is 0 Å². The zero-order valence-electron chi connectivity index (χ0n) is 16.7. The van der Waals surface area contributed by atoms with E-state index in [1.165, 1.54) is 95.1 Å². The van der Waals surface area contributed by atoms with Crippen LogP contribution >= 0.6 is 0 Å². The molecule has 0 amide bonds. The van der Waals surface area contributed by atoms with Gasteiger partial charge in [-0.05, 0) is 30.0 Å². The molecule has 0 unspecified atom stereocenters. The number of benzene rings is 1. The number of aliphatic carboxylic acids is 1. The van der Waals surface area contributed by atoms with Gasteiger partial charge in [0.1, 0.15) is 0 Å². The number of aryl methyl sites for hydroxylation is 1. The second-order valence-electron chi connectivity index (χ2n) is 7.36. The molecule has 1 rings (SSSR count). The van der Waals surface area contributed by atoms with E-state index in [1.54, 1.807) is 6.08 Å². The summed E-state index contributed by atoms with van der Waals surface area (Å²) in [6, 6.07) is 8.11. The minimum atomic E-state index is -0.888. The number of hydrogen-bond acceptors (Lipinski definition) is 1. The van der Waals surface area contributed by atoms with Gasteiger partial charge in [-0.2, -0.15) is 0 Å². The molecule has 2 nitrogen and oxygen atoms in total. The van der Waals surface area contributed by atoms with Crippen LogP contribution in [0.2, 0.25) is 0 Å². The first-order valence-electron chi connectivity index (χ1n) is 10.7. The molecule has 0 atom stereocenters. The van der Waals surface area contributed by atoms with Crippen molar-refractivity contribution in [2.75, 3.05) is 0 Å². The maximum Gasteiger partial charge on any atom is 0.328 e. The highest BCUT2D eigenvalue weighted by Crippen LogP contribution is 2.16. The lowest BCUT2D eigenvalue weighted by Gasteiger charge is -2.06. The predicted molar refractivity (Wildman–Crippen MR) is 113 cm³/mol. The summed E-state index contributed by atoms with van der Waals surface area (Å²) in [7, 11) is 0. The van der Waals surface area contributed by atoms with E-state index in [9.17, 15) is 4.79 Å². The predicted octanol–water partition coefficient (Wildman–Crippen LogP) is 7.42. The second kappa shape index (κ2) is 15.7. The third kappa shape index (κ3) is 11.9. The SMILES string of the molecule is CCCCCCCCCCCCCCCc1ccccc1C=CC(=O)O. The van der Waals surface area contributed by atoms with Crippen molar-refractivity contribution in [1.29, 1.82) is 0 Å². The van der Waals surface area contributed by atoms with Gasteiger partial charge in [-0.15, -0.1) is 0 Å². The summed E-state index contributed by atoms with van der Waals surface area (Å²) in [6.45, 7) is 2.27. The summed E-state index contributed by atoms with van der Waals surface area (Å²) in [5, 5.41) is 8.78. The molecule has 146 valence electrons. The van der Waals surface area contributed by atoms with Crippen LogP contribution < -0.4 is 0 Å². The zero-order valence-corrected chi connectivity index (χ0v) is 16.7. The van der Waals surface area contributed by atoms with Gasteiger partial charge in [0.25, 0.3) is 0 Å². The highest BCUT2D eigenvalue weighted by Gasteiger charge is 2.00. The molecule has 0 spiro atoms. The molecule has 0 aliphatic rings. The average Bonchev–Trinajstić information content (AvgIpc) is 2.64. The van der Waals surface area contributed by atoms with Crippen molar-refractivity contribution >= 4 is 12.0 Å². The summed E-state index contributed by atoms with van der Waals surface area (Å²) in [5.74, 6) is -0.888. The van der Waals surface area contributed by atoms with Crippen molar-refractivity contribution in [3.05, 3.63) is 41.5 Å². The largest absolute Gasteiger partial charge is 0.478 e. The summed E-state index contributed by atoms with van der Waals surface area (Å²) in [6.07, 6.45) is 21.7. The van der Waals surface area contributed by atoms with Crippen LogP contribution in [0.25, 0.3) is 6.08 Å². The van der Waals surface area contributed by atoms with E-state index in [0.29, 0.717) is 0 Å². The Bertz CT molecular complexity index is 505. The van der Waals surface area contributed by atoms with Gasteiger partial charge in [-0.1, -0.05) is 108 Å². The van der Waals surface area contributed by atoms with E-state index < -0.39 is 5.97 Å². The number of rotatable bonds is 16. The Morgan fingerprint density at radius 3 is 1.85 bits per heavy atom. The van der Waals surface area contributed by atoms with Gasteiger partial charge in [-0.25, -0.2) is 4.79 Å². The molecule has 0 aromatic heterocycles. The zero-order chi connectivity index (χ0) is 18.9. The molecule has 0 fully saturated rings. The minimum absolute atomic E-state index is 0.888. The van der Waals surface area contributed by atoms with Crippen LogP contribution in [0.5, 0.6) is 0 Å². The van der Waals surface area contributed by atoms with E-state index in [4.69, 9.17) is 5.11 Å². The first-order valence-corrected chi connectivity index (χ1v) is 10.7. The number of carbonyl (C=O) groups is 1. The highest BCUT2D eigenvalue weighted by molar-refractivity contribution is 5.85. The van der Waals surface area contributed by atoms with Crippen LogP contribution in [-0.2, 0) is 11.2 Å². The summed E-state index contributed by atoms with van der Waals surface area (Å²) in [4.78, 5) is 10.7. The van der Waals surface area contributed by atoms with E-state index in [1.807, 2.05) is 18.2 Å². The van der Waals surface area contributed by atoms with Crippen LogP contribution in [0.4, 0.5) is 0 Å². The monoisotopic (exact) mass is 358 g/mol. The maximum atomic E-state index is 10.7. The van der Waals surface area contributed by atoms with Crippen LogP contribution in [0.1, 0.15) is 102 Å². The quantitative estimate of drug-likeness (QED) is 0.246. The van der Waals surface area contributed by atoms with Gasteiger partial charge < -0.3 is 5.11 Å².